The van der Waals surface area contributed by atoms with Crippen LogP contribution in [-0.4, -0.2) is 143 Å². The monoisotopic (exact) mass is 948 g/mol. The molecule has 5 aliphatic rings. The molecule has 0 aromatic heterocycles. The molecule has 5 heterocycles. The van der Waals surface area contributed by atoms with Crippen LogP contribution in [-0.2, 0) is 46.3 Å². The number of amides is 2. The van der Waals surface area contributed by atoms with E-state index in [1.165, 1.54) is 47.9 Å². The summed E-state index contributed by atoms with van der Waals surface area (Å²) < 4.78 is 5.27. The molecule has 12 atom stereocenters. The first-order valence-electron chi connectivity index (χ1n) is 21.7. The number of carboxylic acid groups (broad SMARTS) is 3. The van der Waals surface area contributed by atoms with Gasteiger partial charge in [0.1, 0.15) is 11.6 Å². The number of ether oxygens (including phenoxy) is 1. The number of Topliss-reactive ketones (excluding diaryl/α,β-unsaturated/α-hetero) is 2. The van der Waals surface area contributed by atoms with Crippen molar-refractivity contribution in [3.63, 3.8) is 0 Å². The predicted octanol–water partition coefficient (Wildman–Crippen LogP) is 2.27. The molecule has 2 aromatic rings. The summed E-state index contributed by atoms with van der Waals surface area (Å²) >= 11 is 2.54. The van der Waals surface area contributed by atoms with Crippen LogP contribution < -0.4 is 10.6 Å². The Morgan fingerprint density at radius 1 is 0.803 bits per heavy atom. The van der Waals surface area contributed by atoms with Crippen molar-refractivity contribution in [3.8, 4) is 0 Å². The number of carbonyl (C=O) groups excluding carboxylic acids is 5. The standard InChI is InChI=1S/C46H52N4O14S2/c1-20-37(35(23(4)53)45(60)61)49(38(46(62)63)39(20)65-28-15-30(47-17-28)33(55)14-25-8-6-10-27(12-25)44(58)59)41(56)26-9-5-7-24(11-26)13-32(54)31-16-29(18-48-31)66-40-21(2)36-34(22(3)52)42(57)50(36)43(40)64-19-51/h5-12,19-23,28-31,34-37,47-48,52-53H,13-18H2,1-4H3,(H,58,59)(H,60,61)(H,62,63)/t20-,21-,22-,23-,28+,29+,30+,31+,34-,35-,36?,37?/m1/s1. The third kappa shape index (κ3) is 9.44. The number of aromatic carboxylic acids is 1. The molecule has 7 N–H and O–H groups in total. The van der Waals surface area contributed by atoms with E-state index in [1.54, 1.807) is 38.1 Å². The molecule has 0 bridgehead atoms. The van der Waals surface area contributed by atoms with Gasteiger partial charge in [-0.3, -0.25) is 38.6 Å². The summed E-state index contributed by atoms with van der Waals surface area (Å²) in [5.74, 6) is -8.81. The van der Waals surface area contributed by atoms with Gasteiger partial charge in [-0.1, -0.05) is 38.1 Å². The molecule has 3 fully saturated rings. The lowest BCUT2D eigenvalue weighted by Crippen LogP contribution is -2.63. The zero-order valence-electron chi connectivity index (χ0n) is 36.5. The number of hydrogen-bond acceptors (Lipinski definition) is 15. The number of nitrogens with one attached hydrogen (secondary N) is 2. The summed E-state index contributed by atoms with van der Waals surface area (Å²) in [6.45, 7) is 7.27. The molecule has 3 saturated heterocycles. The Labute approximate surface area is 388 Å². The maximum Gasteiger partial charge on any atom is 0.353 e. The fraction of sp³-hybridized carbons (Fsp3) is 0.478. The van der Waals surface area contributed by atoms with E-state index in [4.69, 9.17) is 4.74 Å². The molecule has 0 radical (unpaired) electrons. The van der Waals surface area contributed by atoms with Crippen molar-refractivity contribution in [3.05, 3.63) is 92.2 Å². The van der Waals surface area contributed by atoms with Crippen molar-refractivity contribution in [1.82, 2.24) is 20.4 Å². The van der Waals surface area contributed by atoms with E-state index < -0.39 is 77.6 Å². The quantitative estimate of drug-likeness (QED) is 0.0786. The Balaban J connectivity index is 1.06. The summed E-state index contributed by atoms with van der Waals surface area (Å²) in [5, 5.41) is 57.4. The van der Waals surface area contributed by atoms with Gasteiger partial charge in [0, 0.05) is 58.7 Å². The van der Waals surface area contributed by atoms with Crippen molar-refractivity contribution >= 4 is 71.3 Å². The molecule has 0 aliphatic carbocycles. The SMILES string of the molecule is C[C@H]1C(S[C@@H]2CN[C@H](C(=O)Cc3cccc(C(=O)N4C(C(=O)O)=C(S[C@@H]5CN[C@H](C(=O)Cc6cccc(C(=O)O)c6)C5)[C@H](C)C4[C@H](C(=O)O)[C@@H](C)O)c3)C2)=C(OC=O)N2C(=O)[C@H]([C@@H](C)O)C12. The topological polar surface area (TPSA) is 277 Å². The molecule has 20 heteroatoms. The molecule has 2 amide bonds. The number of benzene rings is 2. The maximum atomic E-state index is 14.6. The van der Waals surface area contributed by atoms with Crippen LogP contribution in [0.3, 0.4) is 0 Å². The number of aliphatic carboxylic acids is 2. The Morgan fingerprint density at radius 3 is 1.85 bits per heavy atom. The molecule has 2 unspecified atom stereocenters. The van der Waals surface area contributed by atoms with E-state index in [1.807, 2.05) is 6.92 Å². The van der Waals surface area contributed by atoms with E-state index in [0.717, 1.165) is 16.7 Å². The number of thioether (sulfide) groups is 2. The minimum atomic E-state index is -1.60. The third-order valence-corrected chi connectivity index (χ3v) is 16.2. The van der Waals surface area contributed by atoms with Crippen LogP contribution in [0.4, 0.5) is 0 Å². The largest absolute Gasteiger partial charge is 0.481 e. The smallest absolute Gasteiger partial charge is 0.353 e. The third-order valence-electron chi connectivity index (χ3n) is 13.2. The van der Waals surface area contributed by atoms with Crippen LogP contribution in [0.5, 0.6) is 0 Å². The van der Waals surface area contributed by atoms with Crippen LogP contribution >= 0.6 is 23.5 Å². The summed E-state index contributed by atoms with van der Waals surface area (Å²) in [4.78, 5) is 107. The normalized spacial score (nSPS) is 28.5. The van der Waals surface area contributed by atoms with Crippen LogP contribution in [0.1, 0.15) is 72.4 Å². The molecular weight excluding hydrogens is 897 g/mol. The molecule has 7 rings (SSSR count). The Morgan fingerprint density at radius 2 is 1.35 bits per heavy atom. The molecular formula is C46H52N4O14S2. The highest BCUT2D eigenvalue weighted by atomic mass is 32.2. The summed E-state index contributed by atoms with van der Waals surface area (Å²) in [5.41, 5.74) is 0.552. The van der Waals surface area contributed by atoms with Gasteiger partial charge in [-0.2, -0.15) is 0 Å². The number of nitrogens with zero attached hydrogens (tertiary/aromatic N) is 2. The van der Waals surface area contributed by atoms with Gasteiger partial charge in [-0.05, 0) is 62.1 Å². The average molecular weight is 949 g/mol. The molecule has 2 aromatic carbocycles. The highest BCUT2D eigenvalue weighted by Crippen LogP contribution is 2.52. The van der Waals surface area contributed by atoms with Gasteiger partial charge in [-0.25, -0.2) is 9.59 Å². The van der Waals surface area contributed by atoms with Gasteiger partial charge >= 0.3 is 17.9 Å². The van der Waals surface area contributed by atoms with Crippen molar-refractivity contribution in [1.29, 1.82) is 0 Å². The van der Waals surface area contributed by atoms with Gasteiger partial charge in [0.25, 0.3) is 12.4 Å². The molecule has 66 heavy (non-hydrogen) atoms. The highest BCUT2D eigenvalue weighted by Gasteiger charge is 2.60. The maximum absolute atomic E-state index is 14.6. The Bertz CT molecular complexity index is 2400. The first kappa shape index (κ1) is 48.6. The number of fused-ring (bicyclic) bond motifs is 1. The zero-order chi connectivity index (χ0) is 47.9. The number of hydrogen-bond donors (Lipinski definition) is 7. The van der Waals surface area contributed by atoms with Gasteiger partial charge < -0.3 is 40.9 Å². The molecule has 0 spiro atoms. The van der Waals surface area contributed by atoms with Crippen molar-refractivity contribution in [2.45, 2.75) is 100 Å². The number of carboxylic acids is 3. The second-order valence-corrected chi connectivity index (χ2v) is 20.3. The molecule has 5 aliphatic heterocycles. The lowest BCUT2D eigenvalue weighted by molar-refractivity contribution is -0.165. The van der Waals surface area contributed by atoms with E-state index in [-0.39, 0.29) is 94.1 Å². The number of β-lactam (4-membered cyclic amide) rings is 1. The summed E-state index contributed by atoms with van der Waals surface area (Å²) in [6, 6.07) is 9.23. The number of rotatable bonds is 19. The Kier molecular flexibility index (Phi) is 14.6. The van der Waals surface area contributed by atoms with Crippen LogP contribution in [0, 0.1) is 23.7 Å². The summed E-state index contributed by atoms with van der Waals surface area (Å²) in [7, 11) is 0. The fourth-order valence-electron chi connectivity index (χ4n) is 10.0. The van der Waals surface area contributed by atoms with Gasteiger partial charge in [0.15, 0.2) is 11.6 Å². The Hall–Kier alpha value is -5.38. The average Bonchev–Trinajstić information content (AvgIpc) is 4.03. The lowest BCUT2D eigenvalue weighted by atomic mass is 9.79. The van der Waals surface area contributed by atoms with Crippen LogP contribution in [0.15, 0.2) is 69.9 Å². The van der Waals surface area contributed by atoms with Gasteiger partial charge in [-0.15, -0.1) is 23.5 Å². The number of ketones is 2. The van der Waals surface area contributed by atoms with Crippen molar-refractivity contribution < 1.29 is 68.6 Å². The lowest BCUT2D eigenvalue weighted by Gasteiger charge is -2.45. The fourth-order valence-corrected chi connectivity index (χ4v) is 12.9. The minimum absolute atomic E-state index is 0.00949. The zero-order valence-corrected chi connectivity index (χ0v) is 38.1. The predicted molar refractivity (Wildman–Crippen MR) is 239 cm³/mol. The molecule has 18 nitrogen and oxygen atoms in total. The highest BCUT2D eigenvalue weighted by molar-refractivity contribution is 8.04. The molecule has 0 saturated carbocycles. The van der Waals surface area contributed by atoms with Crippen LogP contribution in [0.25, 0.3) is 0 Å². The van der Waals surface area contributed by atoms with E-state index in [0.29, 0.717) is 29.0 Å². The van der Waals surface area contributed by atoms with E-state index in [2.05, 4.69) is 10.6 Å². The van der Waals surface area contributed by atoms with E-state index in [9.17, 15) is 63.9 Å². The minimum Gasteiger partial charge on any atom is -0.481 e. The first-order chi connectivity index (χ1) is 31.3. The second kappa shape index (κ2) is 19.8. The van der Waals surface area contributed by atoms with Gasteiger partial charge in [0.2, 0.25) is 11.8 Å². The molecule has 352 valence electrons. The first-order valence-corrected chi connectivity index (χ1v) is 23.4. The van der Waals surface area contributed by atoms with Crippen molar-refractivity contribution in [2.24, 2.45) is 23.7 Å². The van der Waals surface area contributed by atoms with Gasteiger partial charge in [0.05, 0.1) is 52.8 Å². The number of aliphatic hydroxyl groups excluding tert-OH is 2. The second-order valence-electron chi connectivity index (χ2n) is 17.6. The van der Waals surface area contributed by atoms with Crippen LogP contribution in [0.2, 0.25) is 0 Å². The number of carbonyl (C=O) groups is 8. The van der Waals surface area contributed by atoms with E-state index >= 15 is 0 Å². The number of aliphatic hydroxyl groups is 2. The summed E-state index contributed by atoms with van der Waals surface area (Å²) in [6.07, 6.45) is -1.87. The van der Waals surface area contributed by atoms with Crippen molar-refractivity contribution in [2.75, 3.05) is 13.1 Å².